The third-order valence-corrected chi connectivity index (χ3v) is 6.28. The molecule has 3 rings (SSSR count). The number of sulfone groups is 1. The zero-order chi connectivity index (χ0) is 18.9. The van der Waals surface area contributed by atoms with Crippen LogP contribution in [0.1, 0.15) is 29.3 Å². The number of carbonyl (C=O) groups excluding carboxylic acids is 1. The smallest absolute Gasteiger partial charge is 0.263 e. The Morgan fingerprint density at radius 2 is 2.04 bits per heavy atom. The minimum Gasteiger partial charge on any atom is -0.484 e. The highest BCUT2D eigenvalue weighted by Gasteiger charge is 2.31. The summed E-state index contributed by atoms with van der Waals surface area (Å²) in [6.45, 7) is 5.68. The molecular weight excluding hydrogens is 354 g/mol. The Kier molecular flexibility index (Phi) is 5.04. The van der Waals surface area contributed by atoms with Gasteiger partial charge in [0.1, 0.15) is 11.6 Å². The Balaban J connectivity index is 1.65. The number of rotatable bonds is 5. The minimum absolute atomic E-state index is 0.0517. The highest BCUT2D eigenvalue weighted by atomic mass is 32.2. The Morgan fingerprint density at radius 1 is 1.27 bits per heavy atom. The van der Waals surface area contributed by atoms with E-state index in [4.69, 9.17) is 4.74 Å². The normalized spacial score (nSPS) is 18.7. The number of nitrogens with one attached hydrogen (secondary N) is 1. The van der Waals surface area contributed by atoms with Crippen molar-refractivity contribution in [2.75, 3.05) is 23.4 Å². The number of aryl methyl sites for hydroxylation is 3. The molecule has 140 valence electrons. The average molecular weight is 377 g/mol. The van der Waals surface area contributed by atoms with Crippen molar-refractivity contribution in [1.29, 1.82) is 0 Å². The zero-order valence-electron chi connectivity index (χ0n) is 15.2. The van der Waals surface area contributed by atoms with Crippen molar-refractivity contribution in [3.8, 4) is 5.75 Å². The first-order chi connectivity index (χ1) is 12.2. The molecule has 1 atom stereocenters. The van der Waals surface area contributed by atoms with Gasteiger partial charge in [0.25, 0.3) is 5.91 Å². The van der Waals surface area contributed by atoms with Gasteiger partial charge in [-0.05, 0) is 50.5 Å². The van der Waals surface area contributed by atoms with Gasteiger partial charge in [-0.1, -0.05) is 6.07 Å². The van der Waals surface area contributed by atoms with Gasteiger partial charge < -0.3 is 10.1 Å². The number of hydrogen-bond donors (Lipinski definition) is 1. The first-order valence-corrected chi connectivity index (χ1v) is 10.3. The van der Waals surface area contributed by atoms with Gasteiger partial charge in [-0.2, -0.15) is 5.10 Å². The van der Waals surface area contributed by atoms with E-state index in [1.165, 1.54) is 0 Å². The summed E-state index contributed by atoms with van der Waals surface area (Å²) < 4.78 is 30.6. The van der Waals surface area contributed by atoms with E-state index in [1.807, 2.05) is 32.0 Å². The molecule has 0 bridgehead atoms. The van der Waals surface area contributed by atoms with E-state index >= 15 is 0 Å². The van der Waals surface area contributed by atoms with Crippen LogP contribution in [-0.2, 0) is 14.6 Å². The lowest BCUT2D eigenvalue weighted by atomic mass is 10.1. The van der Waals surface area contributed by atoms with E-state index < -0.39 is 9.84 Å². The van der Waals surface area contributed by atoms with E-state index in [-0.39, 0.29) is 30.1 Å². The number of aromatic nitrogens is 2. The van der Waals surface area contributed by atoms with Crippen LogP contribution in [0.5, 0.6) is 5.75 Å². The van der Waals surface area contributed by atoms with Gasteiger partial charge in [-0.3, -0.25) is 4.79 Å². The van der Waals surface area contributed by atoms with Crippen LogP contribution in [0, 0.1) is 20.8 Å². The highest BCUT2D eigenvalue weighted by Crippen LogP contribution is 2.27. The molecule has 8 heteroatoms. The number of anilines is 1. The molecule has 1 fully saturated rings. The number of nitrogens with zero attached hydrogens (tertiary/aromatic N) is 2. The summed E-state index contributed by atoms with van der Waals surface area (Å²) in [6, 6.07) is 7.15. The van der Waals surface area contributed by atoms with Crippen LogP contribution in [0.3, 0.4) is 0 Å². The Morgan fingerprint density at radius 3 is 2.69 bits per heavy atom. The maximum absolute atomic E-state index is 12.2. The van der Waals surface area contributed by atoms with Crippen LogP contribution >= 0.6 is 0 Å². The van der Waals surface area contributed by atoms with Gasteiger partial charge in [0.2, 0.25) is 0 Å². The maximum atomic E-state index is 12.2. The summed E-state index contributed by atoms with van der Waals surface area (Å²) >= 11 is 0. The van der Waals surface area contributed by atoms with E-state index in [0.717, 1.165) is 16.8 Å². The molecule has 26 heavy (non-hydrogen) atoms. The lowest BCUT2D eigenvalue weighted by molar-refractivity contribution is -0.118. The fraction of sp³-hybridized carbons (Fsp3) is 0.444. The van der Waals surface area contributed by atoms with Crippen LogP contribution in [0.15, 0.2) is 24.3 Å². The lowest BCUT2D eigenvalue weighted by Gasteiger charge is -2.14. The number of ether oxygens (including phenoxy) is 1. The second kappa shape index (κ2) is 7.11. The predicted molar refractivity (Wildman–Crippen MR) is 99.3 cm³/mol. The van der Waals surface area contributed by atoms with Gasteiger partial charge in [0, 0.05) is 6.07 Å². The molecule has 2 aromatic rings. The lowest BCUT2D eigenvalue weighted by Crippen LogP contribution is -2.23. The van der Waals surface area contributed by atoms with Crippen LogP contribution in [0.2, 0.25) is 0 Å². The molecule has 7 nitrogen and oxygen atoms in total. The predicted octanol–water partition coefficient (Wildman–Crippen LogP) is 2.19. The summed E-state index contributed by atoms with van der Waals surface area (Å²) in [6.07, 6.45) is 0.505. The van der Waals surface area contributed by atoms with Crippen molar-refractivity contribution in [3.63, 3.8) is 0 Å². The van der Waals surface area contributed by atoms with Crippen molar-refractivity contribution < 1.29 is 17.9 Å². The van der Waals surface area contributed by atoms with Gasteiger partial charge in [-0.15, -0.1) is 0 Å². The van der Waals surface area contributed by atoms with Crippen LogP contribution in [0.4, 0.5) is 5.82 Å². The zero-order valence-corrected chi connectivity index (χ0v) is 16.0. The molecule has 1 aromatic heterocycles. The summed E-state index contributed by atoms with van der Waals surface area (Å²) in [7, 11) is -3.03. The van der Waals surface area contributed by atoms with E-state index in [2.05, 4.69) is 10.4 Å². The molecule has 1 aromatic carbocycles. The van der Waals surface area contributed by atoms with Crippen LogP contribution in [0.25, 0.3) is 0 Å². The number of carbonyl (C=O) groups is 1. The SMILES string of the molecule is Cc1cc(NC(=O)COc2ccc(C)c(C)c2)n(C2CCS(=O)(=O)C2)n1. The van der Waals surface area contributed by atoms with Crippen molar-refractivity contribution in [1.82, 2.24) is 9.78 Å². The quantitative estimate of drug-likeness (QED) is 0.862. The highest BCUT2D eigenvalue weighted by molar-refractivity contribution is 7.91. The van der Waals surface area contributed by atoms with Crippen LogP contribution in [-0.4, -0.2) is 42.2 Å². The molecule has 1 unspecified atom stereocenters. The second-order valence-electron chi connectivity index (χ2n) is 6.76. The Hall–Kier alpha value is -2.35. The van der Waals surface area contributed by atoms with E-state index in [1.54, 1.807) is 17.7 Å². The fourth-order valence-corrected chi connectivity index (χ4v) is 4.68. The van der Waals surface area contributed by atoms with Crippen LogP contribution < -0.4 is 10.1 Å². The average Bonchev–Trinajstić information content (AvgIpc) is 3.10. The fourth-order valence-electron chi connectivity index (χ4n) is 2.99. The van der Waals surface area contributed by atoms with Gasteiger partial charge in [0.05, 0.1) is 23.2 Å². The van der Waals surface area contributed by atoms with E-state index in [9.17, 15) is 13.2 Å². The van der Waals surface area contributed by atoms with E-state index in [0.29, 0.717) is 18.0 Å². The van der Waals surface area contributed by atoms with Crippen molar-refractivity contribution >= 4 is 21.6 Å². The summed E-state index contributed by atoms with van der Waals surface area (Å²) in [5.41, 5.74) is 2.98. The molecule has 1 amide bonds. The molecular formula is C18H23N3O4S. The Bertz CT molecular complexity index is 934. The van der Waals surface area contributed by atoms with Crippen molar-refractivity contribution in [2.24, 2.45) is 0 Å². The standard InChI is InChI=1S/C18H23N3O4S/c1-12-4-5-16(8-13(12)2)25-10-18(22)19-17-9-14(3)20-21(17)15-6-7-26(23,24)11-15/h4-5,8-9,15H,6-7,10-11H2,1-3H3,(H,19,22). The summed E-state index contributed by atoms with van der Waals surface area (Å²) in [5.74, 6) is 1.02. The molecule has 1 aliphatic rings. The van der Waals surface area contributed by atoms with Gasteiger partial charge >= 0.3 is 0 Å². The van der Waals surface area contributed by atoms with Gasteiger partial charge in [0.15, 0.2) is 16.4 Å². The largest absolute Gasteiger partial charge is 0.484 e. The molecule has 0 spiro atoms. The summed E-state index contributed by atoms with van der Waals surface area (Å²) in [5, 5.41) is 7.12. The topological polar surface area (TPSA) is 90.3 Å². The molecule has 0 saturated carbocycles. The third kappa shape index (κ3) is 4.24. The Labute approximate surface area is 153 Å². The first kappa shape index (κ1) is 18.4. The monoisotopic (exact) mass is 377 g/mol. The molecule has 0 aliphatic carbocycles. The second-order valence-corrected chi connectivity index (χ2v) is 8.98. The first-order valence-electron chi connectivity index (χ1n) is 8.50. The molecule has 0 radical (unpaired) electrons. The number of hydrogen-bond acceptors (Lipinski definition) is 5. The minimum atomic E-state index is -3.03. The van der Waals surface area contributed by atoms with Crippen molar-refractivity contribution in [3.05, 3.63) is 41.1 Å². The molecule has 2 heterocycles. The maximum Gasteiger partial charge on any atom is 0.263 e. The summed E-state index contributed by atoms with van der Waals surface area (Å²) in [4.78, 5) is 12.2. The number of benzene rings is 1. The third-order valence-electron chi connectivity index (χ3n) is 4.53. The number of amides is 1. The molecule has 1 saturated heterocycles. The molecule has 1 N–H and O–H groups in total. The van der Waals surface area contributed by atoms with Crippen molar-refractivity contribution in [2.45, 2.75) is 33.2 Å². The van der Waals surface area contributed by atoms with Gasteiger partial charge in [-0.25, -0.2) is 13.1 Å². The molecule has 1 aliphatic heterocycles.